The number of alkyl halides is 16. The fourth-order valence-electron chi connectivity index (χ4n) is 1.09. The molecule has 0 heterocycles. The van der Waals surface area contributed by atoms with Crippen LogP contribution in [0.15, 0.2) is 11.8 Å². The lowest BCUT2D eigenvalue weighted by Gasteiger charge is -2.38. The standard InChI is InChI=1S/C9F18O2/c10-2(11)1(3(12,13)14)28-9(26,27)5(17,7(21,22)23)29-8(24,25)4(15,16)6(18,19)20. The predicted octanol–water partition coefficient (Wildman–Crippen LogP) is 6.30. The molecule has 0 aromatic rings. The van der Waals surface area contributed by atoms with Gasteiger partial charge >= 0.3 is 48.6 Å². The third-order valence-corrected chi connectivity index (χ3v) is 2.39. The summed E-state index contributed by atoms with van der Waals surface area (Å²) in [5.74, 6) is -20.2. The Morgan fingerprint density at radius 3 is 1.14 bits per heavy atom. The van der Waals surface area contributed by atoms with Crippen LogP contribution >= 0.6 is 0 Å². The average molecular weight is 482 g/mol. The molecule has 0 rings (SSSR count). The van der Waals surface area contributed by atoms with Crippen molar-refractivity contribution in [3.63, 3.8) is 0 Å². The van der Waals surface area contributed by atoms with Crippen LogP contribution in [0.25, 0.3) is 0 Å². The smallest absolute Gasteiger partial charge is 0.417 e. The van der Waals surface area contributed by atoms with Gasteiger partial charge in [-0.15, -0.1) is 0 Å². The summed E-state index contributed by atoms with van der Waals surface area (Å²) >= 11 is 0. The van der Waals surface area contributed by atoms with Gasteiger partial charge in [0.15, 0.2) is 0 Å². The number of allylic oxidation sites excluding steroid dienone is 1. The Morgan fingerprint density at radius 2 is 0.897 bits per heavy atom. The van der Waals surface area contributed by atoms with E-state index < -0.39 is 54.4 Å². The maximum Gasteiger partial charge on any atom is 0.469 e. The van der Waals surface area contributed by atoms with Crippen LogP contribution in [0.3, 0.4) is 0 Å². The van der Waals surface area contributed by atoms with Crippen molar-refractivity contribution in [3.8, 4) is 0 Å². The van der Waals surface area contributed by atoms with Crippen LogP contribution in [0.5, 0.6) is 0 Å². The van der Waals surface area contributed by atoms with Crippen molar-refractivity contribution >= 4 is 0 Å². The first-order chi connectivity index (χ1) is 12.2. The molecule has 2 nitrogen and oxygen atoms in total. The number of halogens is 18. The third kappa shape index (κ3) is 5.05. The number of hydrogen-bond acceptors (Lipinski definition) is 2. The number of rotatable bonds is 6. The first-order valence-electron chi connectivity index (χ1n) is 5.72. The molecule has 0 spiro atoms. The highest BCUT2D eigenvalue weighted by Crippen LogP contribution is 2.55. The predicted molar refractivity (Wildman–Crippen MR) is 48.3 cm³/mol. The molecule has 1 unspecified atom stereocenters. The molecule has 0 amide bonds. The molecule has 0 aromatic carbocycles. The zero-order valence-electron chi connectivity index (χ0n) is 12.1. The molecular formula is C9F18O2. The Balaban J connectivity index is 6.52. The van der Waals surface area contributed by atoms with Crippen molar-refractivity contribution in [1.29, 1.82) is 0 Å². The fourth-order valence-corrected chi connectivity index (χ4v) is 1.09. The van der Waals surface area contributed by atoms with Crippen LogP contribution in [0.2, 0.25) is 0 Å². The first-order valence-corrected chi connectivity index (χ1v) is 5.72. The summed E-state index contributed by atoms with van der Waals surface area (Å²) in [5.41, 5.74) is 0. The summed E-state index contributed by atoms with van der Waals surface area (Å²) in [6.07, 6.45) is -42.3. The van der Waals surface area contributed by atoms with Gasteiger partial charge < -0.3 is 4.74 Å². The summed E-state index contributed by atoms with van der Waals surface area (Å²) in [6.45, 7) is 0. The van der Waals surface area contributed by atoms with E-state index in [1.807, 2.05) is 0 Å². The lowest BCUT2D eigenvalue weighted by Crippen LogP contribution is -2.65. The molecule has 0 saturated carbocycles. The van der Waals surface area contributed by atoms with E-state index in [1.165, 1.54) is 4.74 Å². The molecule has 174 valence electrons. The normalized spacial score (nSPS) is 17.0. The van der Waals surface area contributed by atoms with E-state index in [4.69, 9.17) is 0 Å². The van der Waals surface area contributed by atoms with Gasteiger partial charge in [0.25, 0.3) is 5.76 Å². The molecule has 0 radical (unpaired) electrons. The molecule has 0 bridgehead atoms. The second kappa shape index (κ2) is 7.18. The van der Waals surface area contributed by atoms with Gasteiger partial charge in [-0.25, -0.2) is 0 Å². The van der Waals surface area contributed by atoms with Gasteiger partial charge in [-0.3, -0.25) is 4.74 Å². The van der Waals surface area contributed by atoms with E-state index in [-0.39, 0.29) is 0 Å². The lowest BCUT2D eigenvalue weighted by atomic mass is 10.2. The minimum Gasteiger partial charge on any atom is -0.417 e. The highest BCUT2D eigenvalue weighted by molar-refractivity contribution is 5.04. The largest absolute Gasteiger partial charge is 0.469 e. The number of ether oxygens (including phenoxy) is 2. The molecule has 0 aliphatic carbocycles. The van der Waals surface area contributed by atoms with E-state index in [2.05, 4.69) is 0 Å². The monoisotopic (exact) mass is 482 g/mol. The summed E-state index contributed by atoms with van der Waals surface area (Å²) in [6, 6.07) is 0. The van der Waals surface area contributed by atoms with Crippen LogP contribution in [-0.4, -0.2) is 42.5 Å². The summed E-state index contributed by atoms with van der Waals surface area (Å²) < 4.78 is 226. The van der Waals surface area contributed by atoms with Crippen LogP contribution in [0, 0.1) is 0 Å². The summed E-state index contributed by atoms with van der Waals surface area (Å²) in [4.78, 5) is 0. The first kappa shape index (κ1) is 27.2. The fraction of sp³-hybridized carbons (Fsp3) is 0.778. The van der Waals surface area contributed by atoms with Crippen molar-refractivity contribution in [2.24, 2.45) is 0 Å². The molecule has 0 aliphatic rings. The van der Waals surface area contributed by atoms with Crippen molar-refractivity contribution in [2.45, 2.75) is 42.5 Å². The second-order valence-corrected chi connectivity index (χ2v) is 4.49. The van der Waals surface area contributed by atoms with Gasteiger partial charge in [-0.1, -0.05) is 0 Å². The van der Waals surface area contributed by atoms with Gasteiger partial charge in [0, 0.05) is 0 Å². The maximum absolute atomic E-state index is 13.5. The van der Waals surface area contributed by atoms with Gasteiger partial charge in [0.2, 0.25) is 0 Å². The van der Waals surface area contributed by atoms with E-state index in [0.29, 0.717) is 0 Å². The van der Waals surface area contributed by atoms with Gasteiger partial charge in [0.1, 0.15) is 0 Å². The molecule has 0 saturated heterocycles. The summed E-state index contributed by atoms with van der Waals surface area (Å²) in [5, 5.41) is 0. The SMILES string of the molecule is FC(F)=C(OC(F)(F)C(F)(OC(F)(F)C(F)(F)C(F)(F)F)C(F)(F)F)C(F)(F)F. The molecular weight excluding hydrogens is 482 g/mol. The van der Waals surface area contributed by atoms with Crippen molar-refractivity contribution in [1.82, 2.24) is 0 Å². The Hall–Kier alpha value is -1.76. The minimum absolute atomic E-state index is 1.23. The van der Waals surface area contributed by atoms with Gasteiger partial charge in [-0.05, 0) is 0 Å². The topological polar surface area (TPSA) is 18.5 Å². The minimum atomic E-state index is -7.93. The second-order valence-electron chi connectivity index (χ2n) is 4.49. The maximum atomic E-state index is 13.5. The zero-order valence-corrected chi connectivity index (χ0v) is 12.1. The van der Waals surface area contributed by atoms with Gasteiger partial charge in [-0.2, -0.15) is 79.0 Å². The van der Waals surface area contributed by atoms with Crippen LogP contribution in [0.4, 0.5) is 79.0 Å². The highest BCUT2D eigenvalue weighted by atomic mass is 19.4. The molecule has 0 aliphatic heterocycles. The van der Waals surface area contributed by atoms with Crippen molar-refractivity contribution in [3.05, 3.63) is 11.8 Å². The van der Waals surface area contributed by atoms with E-state index in [0.717, 1.165) is 0 Å². The summed E-state index contributed by atoms with van der Waals surface area (Å²) in [7, 11) is 0. The van der Waals surface area contributed by atoms with Crippen LogP contribution in [0.1, 0.15) is 0 Å². The van der Waals surface area contributed by atoms with E-state index in [1.54, 1.807) is 4.74 Å². The molecule has 0 fully saturated rings. The van der Waals surface area contributed by atoms with E-state index in [9.17, 15) is 79.0 Å². The van der Waals surface area contributed by atoms with Crippen LogP contribution < -0.4 is 0 Å². The Morgan fingerprint density at radius 1 is 0.517 bits per heavy atom. The van der Waals surface area contributed by atoms with Crippen molar-refractivity contribution < 1.29 is 88.5 Å². The molecule has 20 heteroatoms. The Labute approximate surface area is 144 Å². The van der Waals surface area contributed by atoms with Gasteiger partial charge in [0.05, 0.1) is 0 Å². The van der Waals surface area contributed by atoms with Crippen molar-refractivity contribution in [2.75, 3.05) is 0 Å². The molecule has 29 heavy (non-hydrogen) atoms. The average Bonchev–Trinajstić information content (AvgIpc) is 2.39. The van der Waals surface area contributed by atoms with E-state index >= 15 is 0 Å². The Bertz CT molecular complexity index is 619. The lowest BCUT2D eigenvalue weighted by molar-refractivity contribution is -0.532. The number of hydrogen-bond donors (Lipinski definition) is 0. The van der Waals surface area contributed by atoms with Crippen LogP contribution in [-0.2, 0) is 9.47 Å². The molecule has 1 atom stereocenters. The highest BCUT2D eigenvalue weighted by Gasteiger charge is 2.84. The molecule has 0 N–H and O–H groups in total. The third-order valence-electron chi connectivity index (χ3n) is 2.39. The zero-order chi connectivity index (χ0) is 24.1. The Kier molecular flexibility index (Phi) is 6.75. The molecule has 0 aromatic heterocycles. The quantitative estimate of drug-likeness (QED) is 0.327.